The highest BCUT2D eigenvalue weighted by molar-refractivity contribution is 4.74. The fourth-order valence-electron chi connectivity index (χ4n) is 3.05. The van der Waals surface area contributed by atoms with E-state index in [-0.39, 0.29) is 17.1 Å². The van der Waals surface area contributed by atoms with Crippen molar-refractivity contribution in [1.82, 2.24) is 0 Å². The van der Waals surface area contributed by atoms with Crippen molar-refractivity contribution < 1.29 is 14.9 Å². The van der Waals surface area contributed by atoms with Crippen molar-refractivity contribution in [2.24, 2.45) is 22.2 Å². The number of hydrogen-bond donors (Lipinski definition) is 2. The fraction of sp³-hybridized carbons (Fsp3) is 1.00. The summed E-state index contributed by atoms with van der Waals surface area (Å²) in [7, 11) is 0. The van der Waals surface area contributed by atoms with Crippen LogP contribution in [-0.4, -0.2) is 35.1 Å². The highest BCUT2D eigenvalue weighted by Gasteiger charge is 2.23. The lowest BCUT2D eigenvalue weighted by molar-refractivity contribution is -0.0575. The van der Waals surface area contributed by atoms with Gasteiger partial charge < -0.3 is 14.9 Å². The Morgan fingerprint density at radius 2 is 1.00 bits per heavy atom. The summed E-state index contributed by atoms with van der Waals surface area (Å²) in [5.74, 6) is 0.458. The molecular formula is C23H50O3. The van der Waals surface area contributed by atoms with Crippen LogP contribution in [0.4, 0.5) is 0 Å². The molecule has 0 bridgehead atoms. The van der Waals surface area contributed by atoms with Crippen LogP contribution in [0.2, 0.25) is 0 Å². The van der Waals surface area contributed by atoms with Gasteiger partial charge in [-0.25, -0.2) is 0 Å². The zero-order valence-electron chi connectivity index (χ0n) is 20.0. The molecule has 26 heavy (non-hydrogen) atoms. The van der Waals surface area contributed by atoms with Gasteiger partial charge in [0.05, 0.1) is 18.3 Å². The van der Waals surface area contributed by atoms with Crippen LogP contribution in [0.25, 0.3) is 0 Å². The second kappa shape index (κ2) is 11.0. The minimum atomic E-state index is -0.348. The number of aliphatic hydroxyl groups is 2. The van der Waals surface area contributed by atoms with E-state index in [1.165, 1.54) is 0 Å². The predicted molar refractivity (Wildman–Crippen MR) is 115 cm³/mol. The van der Waals surface area contributed by atoms with Gasteiger partial charge >= 0.3 is 0 Å². The third-order valence-electron chi connectivity index (χ3n) is 3.62. The highest BCUT2D eigenvalue weighted by atomic mass is 16.5. The van der Waals surface area contributed by atoms with Crippen molar-refractivity contribution >= 4 is 0 Å². The molecule has 0 rings (SSSR count). The van der Waals surface area contributed by atoms with Gasteiger partial charge in [-0.3, -0.25) is 0 Å². The maximum Gasteiger partial charge on any atom is 0.0778 e. The van der Waals surface area contributed by atoms with Gasteiger partial charge in [-0.05, 0) is 62.2 Å². The van der Waals surface area contributed by atoms with Crippen molar-refractivity contribution in [3.63, 3.8) is 0 Å². The molecule has 160 valence electrons. The first-order valence-electron chi connectivity index (χ1n) is 10.2. The molecule has 0 aliphatic rings. The first kappa shape index (κ1) is 28.1. The van der Waals surface area contributed by atoms with Crippen LogP contribution in [0.3, 0.4) is 0 Å². The molecule has 0 radical (unpaired) electrons. The van der Waals surface area contributed by atoms with Crippen LogP contribution in [0.5, 0.6) is 0 Å². The van der Waals surface area contributed by atoms with E-state index in [4.69, 9.17) is 4.74 Å². The van der Waals surface area contributed by atoms with Crippen LogP contribution in [0.15, 0.2) is 0 Å². The van der Waals surface area contributed by atoms with Crippen molar-refractivity contribution in [3.05, 3.63) is 0 Å². The maximum absolute atomic E-state index is 9.62. The fourth-order valence-corrected chi connectivity index (χ4v) is 3.05. The van der Waals surface area contributed by atoms with E-state index in [1.54, 1.807) is 0 Å². The molecule has 3 heteroatoms. The minimum absolute atomic E-state index is 0.154. The quantitative estimate of drug-likeness (QED) is 0.593. The molecule has 0 aromatic carbocycles. The Balaban J connectivity index is 0. The maximum atomic E-state index is 9.62. The van der Waals surface area contributed by atoms with Crippen LogP contribution >= 0.6 is 0 Å². The molecule has 0 heterocycles. The number of aliphatic hydroxyl groups excluding tert-OH is 2. The van der Waals surface area contributed by atoms with E-state index in [1.807, 2.05) is 20.8 Å². The van der Waals surface area contributed by atoms with E-state index in [0.29, 0.717) is 30.0 Å². The second-order valence-corrected chi connectivity index (χ2v) is 12.4. The Morgan fingerprint density at radius 1 is 0.654 bits per heavy atom. The van der Waals surface area contributed by atoms with E-state index in [2.05, 4.69) is 62.3 Å². The molecule has 0 aliphatic carbocycles. The van der Waals surface area contributed by atoms with Gasteiger partial charge in [-0.2, -0.15) is 0 Å². The first-order chi connectivity index (χ1) is 11.2. The summed E-state index contributed by atoms with van der Waals surface area (Å²) in [6.07, 6.45) is 2.66. The largest absolute Gasteiger partial charge is 0.396 e. The molecule has 0 aromatic rings. The van der Waals surface area contributed by atoms with E-state index in [9.17, 15) is 10.2 Å². The van der Waals surface area contributed by atoms with E-state index < -0.39 is 0 Å². The molecule has 0 saturated heterocycles. The topological polar surface area (TPSA) is 49.7 Å². The standard InChI is InChI=1S/C12H26O.C11H24O2/c1-11(2,3)7-10(9-13)8-12(4,5)6;1-10(2,3)7-9(12)8-13-11(4,5)6/h10,13H,7-9H2,1-6H3;9,12H,7-8H2,1-6H3. The smallest absolute Gasteiger partial charge is 0.0778 e. The molecule has 1 atom stereocenters. The Labute approximate surface area is 164 Å². The molecule has 0 saturated carbocycles. The average molecular weight is 375 g/mol. The average Bonchev–Trinajstić information content (AvgIpc) is 2.30. The first-order valence-corrected chi connectivity index (χ1v) is 10.2. The number of ether oxygens (including phenoxy) is 1. The van der Waals surface area contributed by atoms with Crippen LogP contribution in [0, 0.1) is 22.2 Å². The Bertz CT molecular complexity index is 332. The summed E-state index contributed by atoms with van der Waals surface area (Å²) in [6.45, 7) is 26.5. The monoisotopic (exact) mass is 374 g/mol. The van der Waals surface area contributed by atoms with Gasteiger partial charge in [0, 0.05) is 6.61 Å². The predicted octanol–water partition coefficient (Wildman–Crippen LogP) is 6.07. The Kier molecular flexibility index (Phi) is 11.9. The number of rotatable bonds is 6. The molecular weight excluding hydrogens is 324 g/mol. The number of hydrogen-bond acceptors (Lipinski definition) is 3. The third-order valence-corrected chi connectivity index (χ3v) is 3.62. The van der Waals surface area contributed by atoms with Gasteiger partial charge in [0.1, 0.15) is 0 Å². The van der Waals surface area contributed by atoms with Gasteiger partial charge in [-0.15, -0.1) is 0 Å². The Hall–Kier alpha value is -0.120. The van der Waals surface area contributed by atoms with Gasteiger partial charge in [0.25, 0.3) is 0 Å². The molecule has 0 aliphatic heterocycles. The van der Waals surface area contributed by atoms with E-state index >= 15 is 0 Å². The molecule has 2 N–H and O–H groups in total. The van der Waals surface area contributed by atoms with Crippen molar-refractivity contribution in [2.75, 3.05) is 13.2 Å². The van der Waals surface area contributed by atoms with E-state index in [0.717, 1.165) is 19.3 Å². The lowest BCUT2D eigenvalue weighted by Gasteiger charge is -2.29. The molecule has 1 unspecified atom stereocenters. The third kappa shape index (κ3) is 23.9. The summed E-state index contributed by atoms with van der Waals surface area (Å²) in [5.41, 5.74) is 0.677. The molecule has 0 aromatic heterocycles. The molecule has 0 amide bonds. The van der Waals surface area contributed by atoms with Crippen molar-refractivity contribution in [3.8, 4) is 0 Å². The lowest BCUT2D eigenvalue weighted by atomic mass is 9.77. The second-order valence-electron chi connectivity index (χ2n) is 12.4. The summed E-state index contributed by atoms with van der Waals surface area (Å²) in [4.78, 5) is 0. The summed E-state index contributed by atoms with van der Waals surface area (Å²) < 4.78 is 5.49. The lowest BCUT2D eigenvalue weighted by Crippen LogP contribution is -2.28. The van der Waals surface area contributed by atoms with Gasteiger partial charge in [0.2, 0.25) is 0 Å². The van der Waals surface area contributed by atoms with Crippen LogP contribution in [-0.2, 0) is 4.74 Å². The van der Waals surface area contributed by atoms with Crippen LogP contribution < -0.4 is 0 Å². The highest BCUT2D eigenvalue weighted by Crippen LogP contribution is 2.32. The van der Waals surface area contributed by atoms with Crippen molar-refractivity contribution in [2.45, 2.75) is 114 Å². The SMILES string of the molecule is CC(C)(C)CC(CO)CC(C)(C)C.CC(C)(C)CC(O)COC(C)(C)C. The summed E-state index contributed by atoms with van der Waals surface area (Å²) in [6, 6.07) is 0. The molecule has 3 nitrogen and oxygen atoms in total. The van der Waals surface area contributed by atoms with Crippen molar-refractivity contribution in [1.29, 1.82) is 0 Å². The summed E-state index contributed by atoms with van der Waals surface area (Å²) >= 11 is 0. The van der Waals surface area contributed by atoms with Crippen LogP contribution in [0.1, 0.15) is 102 Å². The molecule has 0 fully saturated rings. The normalized spacial score (nSPS) is 14.9. The Morgan fingerprint density at radius 3 is 1.23 bits per heavy atom. The van der Waals surface area contributed by atoms with Gasteiger partial charge in [-0.1, -0.05) is 62.3 Å². The van der Waals surface area contributed by atoms with Gasteiger partial charge in [0.15, 0.2) is 0 Å². The molecule has 0 spiro atoms. The minimum Gasteiger partial charge on any atom is -0.396 e. The summed E-state index contributed by atoms with van der Waals surface area (Å²) in [5, 5.41) is 18.9. The zero-order valence-corrected chi connectivity index (χ0v) is 20.0. The zero-order chi connectivity index (χ0) is 21.4.